The Balaban J connectivity index is 3.07. The van der Waals surface area contributed by atoms with Gasteiger partial charge in [-0.15, -0.1) is 0 Å². The lowest BCUT2D eigenvalue weighted by atomic mass is 10.4. The van der Waals surface area contributed by atoms with Gasteiger partial charge in [0, 0.05) is 0 Å². The molecule has 0 aliphatic heterocycles. The van der Waals surface area contributed by atoms with E-state index in [9.17, 15) is 8.42 Å². The summed E-state index contributed by atoms with van der Waals surface area (Å²) >= 11 is 0. The molecule has 0 amide bonds. The Hall–Kier alpha value is -1.34. The summed E-state index contributed by atoms with van der Waals surface area (Å²) in [5.41, 5.74) is 0. The fourth-order valence-corrected chi connectivity index (χ4v) is 1.06. The van der Waals surface area contributed by atoms with E-state index < -0.39 is 10.3 Å². The van der Waals surface area contributed by atoms with Crippen molar-refractivity contribution in [3.05, 3.63) is 24.2 Å². The monoisotopic (exact) mass is 205 g/mol. The van der Waals surface area contributed by atoms with E-state index in [4.69, 9.17) is 8.97 Å². The fourth-order valence-electron chi connectivity index (χ4n) is 0.688. The number of hydrogen-bond acceptors (Lipinski definition) is 4. The van der Waals surface area contributed by atoms with Crippen molar-refractivity contribution in [1.29, 1.82) is 0 Å². The maximum atomic E-state index is 10.3. The summed E-state index contributed by atoms with van der Waals surface area (Å²) in [5.74, 6) is -0.173. The van der Waals surface area contributed by atoms with Crippen LogP contribution in [0.3, 0.4) is 0 Å². The minimum absolute atomic E-state index is 0.125. The van der Waals surface area contributed by atoms with Gasteiger partial charge in [-0.2, -0.15) is 8.42 Å². The SMILES string of the molecule is COC(=NS(=O)(=O)O)c1ccco1. The number of ether oxygens (including phenoxy) is 1. The van der Waals surface area contributed by atoms with E-state index in [-0.39, 0.29) is 11.7 Å². The second-order valence-corrected chi connectivity index (χ2v) is 3.10. The minimum atomic E-state index is -4.46. The van der Waals surface area contributed by atoms with Gasteiger partial charge in [0.25, 0.3) is 5.90 Å². The molecule has 0 fully saturated rings. The average molecular weight is 205 g/mol. The highest BCUT2D eigenvalue weighted by Crippen LogP contribution is 2.04. The van der Waals surface area contributed by atoms with E-state index in [1.807, 2.05) is 0 Å². The molecule has 0 aliphatic rings. The van der Waals surface area contributed by atoms with Gasteiger partial charge in [0.1, 0.15) is 0 Å². The van der Waals surface area contributed by atoms with Crippen LogP contribution in [-0.4, -0.2) is 26.0 Å². The zero-order valence-electron chi connectivity index (χ0n) is 6.67. The number of methoxy groups -OCH3 is 1. The van der Waals surface area contributed by atoms with Crippen molar-refractivity contribution in [2.75, 3.05) is 7.11 Å². The largest absolute Gasteiger partial charge is 0.478 e. The minimum Gasteiger partial charge on any atom is -0.478 e. The van der Waals surface area contributed by atoms with Crippen molar-refractivity contribution >= 4 is 16.2 Å². The molecule has 1 N–H and O–H groups in total. The van der Waals surface area contributed by atoms with Crippen LogP contribution in [0.1, 0.15) is 5.76 Å². The maximum absolute atomic E-state index is 10.3. The first-order valence-corrected chi connectivity index (χ1v) is 4.58. The molecular formula is C6H7NO5S. The predicted molar refractivity (Wildman–Crippen MR) is 43.8 cm³/mol. The van der Waals surface area contributed by atoms with E-state index in [2.05, 4.69) is 9.13 Å². The number of rotatable bonds is 2. The summed E-state index contributed by atoms with van der Waals surface area (Å²) < 4.78 is 41.4. The van der Waals surface area contributed by atoms with Crippen molar-refractivity contribution in [3.8, 4) is 0 Å². The molecule has 1 aromatic rings. The molecule has 1 rings (SSSR count). The fraction of sp³-hybridized carbons (Fsp3) is 0.167. The molecule has 0 unspecified atom stereocenters. The van der Waals surface area contributed by atoms with Crippen molar-refractivity contribution in [2.45, 2.75) is 0 Å². The molecule has 0 atom stereocenters. The third kappa shape index (κ3) is 2.88. The van der Waals surface area contributed by atoms with E-state index in [1.165, 1.54) is 25.5 Å². The Bertz CT molecular complexity index is 391. The lowest BCUT2D eigenvalue weighted by molar-refractivity contribution is 0.387. The Labute approximate surface area is 74.7 Å². The number of hydrogen-bond donors (Lipinski definition) is 1. The first kappa shape index (κ1) is 9.75. The van der Waals surface area contributed by atoms with Gasteiger partial charge in [0.05, 0.1) is 13.4 Å². The summed E-state index contributed by atoms with van der Waals surface area (Å²) in [7, 11) is -3.24. The van der Waals surface area contributed by atoms with E-state index in [1.54, 1.807) is 0 Å². The molecule has 6 nitrogen and oxygen atoms in total. The first-order chi connectivity index (χ1) is 6.03. The van der Waals surface area contributed by atoms with Gasteiger partial charge in [-0.25, -0.2) is 0 Å². The van der Waals surface area contributed by atoms with Crippen molar-refractivity contribution in [3.63, 3.8) is 0 Å². The highest BCUT2D eigenvalue weighted by molar-refractivity contribution is 7.84. The molecule has 0 saturated heterocycles. The highest BCUT2D eigenvalue weighted by atomic mass is 32.2. The lowest BCUT2D eigenvalue weighted by Crippen LogP contribution is -2.06. The lowest BCUT2D eigenvalue weighted by Gasteiger charge is -1.98. The molecule has 7 heteroatoms. The average Bonchev–Trinajstić information content (AvgIpc) is 2.50. The molecule has 0 bridgehead atoms. The van der Waals surface area contributed by atoms with Crippen LogP contribution in [0.2, 0.25) is 0 Å². The molecule has 0 spiro atoms. The molecule has 1 heterocycles. The molecule has 1 aromatic heterocycles. The smallest absolute Gasteiger partial charge is 0.381 e. The second-order valence-electron chi connectivity index (χ2n) is 2.03. The van der Waals surface area contributed by atoms with E-state index in [0.717, 1.165) is 0 Å². The van der Waals surface area contributed by atoms with Crippen LogP contribution in [0.15, 0.2) is 27.2 Å². The third-order valence-electron chi connectivity index (χ3n) is 1.12. The Morgan fingerprint density at radius 1 is 1.69 bits per heavy atom. The molecular weight excluding hydrogens is 198 g/mol. The van der Waals surface area contributed by atoms with E-state index >= 15 is 0 Å². The molecule has 0 aliphatic carbocycles. The third-order valence-corrected chi connectivity index (χ3v) is 1.52. The van der Waals surface area contributed by atoms with Gasteiger partial charge in [0.2, 0.25) is 0 Å². The Kier molecular flexibility index (Phi) is 2.69. The van der Waals surface area contributed by atoms with Crippen LogP contribution in [0.25, 0.3) is 0 Å². The van der Waals surface area contributed by atoms with Crippen LogP contribution in [0.5, 0.6) is 0 Å². The first-order valence-electron chi connectivity index (χ1n) is 3.18. The Morgan fingerprint density at radius 3 is 2.77 bits per heavy atom. The van der Waals surface area contributed by atoms with Crippen LogP contribution in [0.4, 0.5) is 0 Å². The van der Waals surface area contributed by atoms with Gasteiger partial charge >= 0.3 is 10.3 Å². The normalized spacial score (nSPS) is 12.9. The van der Waals surface area contributed by atoms with Crippen molar-refractivity contribution < 1.29 is 22.1 Å². The summed E-state index contributed by atoms with van der Waals surface area (Å²) in [6.45, 7) is 0. The summed E-state index contributed by atoms with van der Waals surface area (Å²) in [4.78, 5) is 0. The van der Waals surface area contributed by atoms with E-state index in [0.29, 0.717) is 0 Å². The van der Waals surface area contributed by atoms with Crippen molar-refractivity contribution in [1.82, 2.24) is 0 Å². The molecule has 13 heavy (non-hydrogen) atoms. The summed E-state index contributed by atoms with van der Waals surface area (Å²) in [5, 5.41) is 0. The zero-order chi connectivity index (χ0) is 9.90. The topological polar surface area (TPSA) is 89.1 Å². The van der Waals surface area contributed by atoms with Gasteiger partial charge in [0.15, 0.2) is 5.76 Å². The van der Waals surface area contributed by atoms with Gasteiger partial charge < -0.3 is 9.15 Å². The molecule has 0 aromatic carbocycles. The summed E-state index contributed by atoms with van der Waals surface area (Å²) in [6.07, 6.45) is 1.33. The predicted octanol–water partition coefficient (Wildman–Crippen LogP) is 0.475. The van der Waals surface area contributed by atoms with Crippen molar-refractivity contribution in [2.24, 2.45) is 4.40 Å². The quantitative estimate of drug-likeness (QED) is 0.430. The highest BCUT2D eigenvalue weighted by Gasteiger charge is 2.11. The second kappa shape index (κ2) is 3.58. The number of nitrogens with zero attached hydrogens (tertiary/aromatic N) is 1. The molecule has 0 saturated carbocycles. The van der Waals surface area contributed by atoms with Gasteiger partial charge in [-0.05, 0) is 12.1 Å². The molecule has 0 radical (unpaired) electrons. The summed E-state index contributed by atoms with van der Waals surface area (Å²) in [6, 6.07) is 2.99. The molecule has 72 valence electrons. The van der Waals surface area contributed by atoms with Crippen LogP contribution in [0, 0.1) is 0 Å². The van der Waals surface area contributed by atoms with Gasteiger partial charge in [-0.1, -0.05) is 4.40 Å². The zero-order valence-corrected chi connectivity index (χ0v) is 7.48. The number of furan rings is 1. The van der Waals surface area contributed by atoms with Crippen LogP contribution in [-0.2, 0) is 15.0 Å². The Morgan fingerprint density at radius 2 is 2.38 bits per heavy atom. The van der Waals surface area contributed by atoms with Crippen LogP contribution < -0.4 is 0 Å². The maximum Gasteiger partial charge on any atom is 0.381 e. The standard InChI is InChI=1S/C6H7NO5S/c1-11-6(7-13(8,9)10)5-3-2-4-12-5/h2-4H,1H3,(H,8,9,10). The van der Waals surface area contributed by atoms with Gasteiger partial charge in [-0.3, -0.25) is 4.55 Å². The van der Waals surface area contributed by atoms with Crippen LogP contribution >= 0.6 is 0 Å².